The summed E-state index contributed by atoms with van der Waals surface area (Å²) < 4.78 is 2.31. The maximum atomic E-state index is 4.61. The fraction of sp³-hybridized carbons (Fsp3) is 0.846. The first-order valence-electron chi connectivity index (χ1n) is 6.19. The van der Waals surface area contributed by atoms with Crippen molar-refractivity contribution in [1.29, 1.82) is 0 Å². The molecule has 0 saturated carbocycles. The highest BCUT2D eigenvalue weighted by molar-refractivity contribution is 5.92. The van der Waals surface area contributed by atoms with Crippen molar-refractivity contribution in [2.45, 2.75) is 73.5 Å². The Bertz CT molecular complexity index is 259. The van der Waals surface area contributed by atoms with Crippen LogP contribution < -0.4 is 5.32 Å². The molecule has 0 aromatic heterocycles. The van der Waals surface area contributed by atoms with E-state index < -0.39 is 0 Å². The number of nitrogens with one attached hydrogen (secondary N) is 1. The van der Waals surface area contributed by atoms with Crippen LogP contribution in [0.4, 0.5) is 0 Å². The van der Waals surface area contributed by atoms with Gasteiger partial charge in [0.05, 0.1) is 23.8 Å². The van der Waals surface area contributed by atoms with Crippen molar-refractivity contribution in [2.75, 3.05) is 0 Å². The molecule has 0 unspecified atom stereocenters. The molecule has 0 aromatic rings. The smallest absolute Gasteiger partial charge is 0.273 e. The summed E-state index contributed by atoms with van der Waals surface area (Å²) in [5, 5.41) is 3.43. The fourth-order valence-electron chi connectivity index (χ4n) is 1.72. The first kappa shape index (κ1) is 15.1. The van der Waals surface area contributed by atoms with Crippen LogP contribution in [0.25, 0.3) is 0 Å². The second kappa shape index (κ2) is 6.66. The van der Waals surface area contributed by atoms with Crippen LogP contribution in [0.2, 0.25) is 0 Å². The molecule has 94 valence electrons. The third kappa shape index (κ3) is 5.29. The van der Waals surface area contributed by atoms with Crippen molar-refractivity contribution in [3.63, 3.8) is 0 Å². The molecule has 0 aliphatic carbocycles. The number of hydrogen-bond acceptors (Lipinski definition) is 0. The lowest BCUT2D eigenvalue weighted by molar-refractivity contribution is -0.590. The third-order valence-electron chi connectivity index (χ3n) is 2.10. The van der Waals surface area contributed by atoms with Crippen LogP contribution in [0.1, 0.15) is 55.4 Å². The van der Waals surface area contributed by atoms with Gasteiger partial charge in [0, 0.05) is 0 Å². The summed E-state index contributed by atoms with van der Waals surface area (Å²) in [5.41, 5.74) is 1.08. The molecule has 0 amide bonds. The second-order valence-corrected chi connectivity index (χ2v) is 5.28. The zero-order valence-corrected chi connectivity index (χ0v) is 12.1. The van der Waals surface area contributed by atoms with Crippen molar-refractivity contribution < 1.29 is 4.58 Å². The quantitative estimate of drug-likeness (QED) is 0.447. The summed E-state index contributed by atoms with van der Waals surface area (Å²) in [6.45, 7) is 17.1. The Hall–Kier alpha value is -0.860. The minimum Gasteiger partial charge on any atom is -0.273 e. The average Bonchev–Trinajstić information content (AvgIpc) is 1.98. The van der Waals surface area contributed by atoms with E-state index >= 15 is 0 Å². The Morgan fingerprint density at radius 3 is 1.62 bits per heavy atom. The van der Waals surface area contributed by atoms with Gasteiger partial charge in [-0.25, -0.2) is 0 Å². The maximum absolute atomic E-state index is 4.61. The molecule has 0 atom stereocenters. The standard InChI is InChI=1S/C13H27N3/c1-9(2)14-13(15-10(3)4)16(11(5)6)12(7)8/h9,11-12H,1-8H3/p+1. The Morgan fingerprint density at radius 2 is 1.38 bits per heavy atom. The van der Waals surface area contributed by atoms with E-state index in [0.29, 0.717) is 18.1 Å². The number of rotatable bonds is 3. The minimum atomic E-state index is 0.401. The first-order valence-corrected chi connectivity index (χ1v) is 6.19. The van der Waals surface area contributed by atoms with Gasteiger partial charge in [0.25, 0.3) is 0 Å². The fourth-order valence-corrected chi connectivity index (χ4v) is 1.72. The van der Waals surface area contributed by atoms with Crippen molar-refractivity contribution in [3.05, 3.63) is 0 Å². The van der Waals surface area contributed by atoms with E-state index in [-0.39, 0.29) is 0 Å². The lowest BCUT2D eigenvalue weighted by Crippen LogP contribution is -2.42. The van der Waals surface area contributed by atoms with E-state index in [4.69, 9.17) is 0 Å². The predicted molar refractivity (Wildman–Crippen MR) is 72.6 cm³/mol. The van der Waals surface area contributed by atoms with E-state index in [9.17, 15) is 0 Å². The Labute approximate surface area is 101 Å². The van der Waals surface area contributed by atoms with Crippen LogP contribution >= 0.6 is 0 Å². The lowest BCUT2D eigenvalue weighted by Gasteiger charge is -2.19. The molecule has 3 heteroatoms. The number of aliphatic imine (C=N–C) groups is 1. The maximum Gasteiger partial charge on any atom is 0.387 e. The van der Waals surface area contributed by atoms with Crippen LogP contribution in [0.3, 0.4) is 0 Å². The number of hydrogen-bond donors (Lipinski definition) is 1. The van der Waals surface area contributed by atoms with Crippen molar-refractivity contribution in [3.8, 4) is 0 Å². The summed E-state index contributed by atoms with van der Waals surface area (Å²) in [7, 11) is 0. The highest BCUT2D eigenvalue weighted by Gasteiger charge is 2.19. The molecule has 0 saturated heterocycles. The highest BCUT2D eigenvalue weighted by atomic mass is 15.2. The molecule has 3 nitrogen and oxygen atoms in total. The molecule has 0 aliphatic heterocycles. The molecular weight excluding hydrogens is 198 g/mol. The zero-order chi connectivity index (χ0) is 12.9. The lowest BCUT2D eigenvalue weighted by atomic mass is 10.3. The number of nitrogens with zero attached hydrogens (tertiary/aromatic N) is 2. The molecule has 0 radical (unpaired) electrons. The van der Waals surface area contributed by atoms with Crippen LogP contribution in [0.5, 0.6) is 0 Å². The van der Waals surface area contributed by atoms with E-state index in [1.165, 1.54) is 0 Å². The summed E-state index contributed by atoms with van der Waals surface area (Å²) in [6.07, 6.45) is 0. The molecule has 0 fully saturated rings. The Kier molecular flexibility index (Phi) is 6.31. The van der Waals surface area contributed by atoms with Gasteiger partial charge in [-0.15, -0.1) is 0 Å². The predicted octanol–water partition coefficient (Wildman–Crippen LogP) is 2.65. The normalized spacial score (nSPS) is 10.9. The third-order valence-corrected chi connectivity index (χ3v) is 2.10. The molecule has 0 heterocycles. The van der Waals surface area contributed by atoms with Crippen LogP contribution in [-0.4, -0.2) is 34.4 Å². The summed E-state index contributed by atoms with van der Waals surface area (Å²) >= 11 is 0. The topological polar surface area (TPSA) is 27.4 Å². The minimum absolute atomic E-state index is 0.401. The summed E-state index contributed by atoms with van der Waals surface area (Å²) in [4.78, 5) is 4.61. The van der Waals surface area contributed by atoms with Gasteiger partial charge in [0.1, 0.15) is 0 Å². The van der Waals surface area contributed by atoms with Crippen LogP contribution in [-0.2, 0) is 0 Å². The average molecular weight is 226 g/mol. The van der Waals surface area contributed by atoms with E-state index in [2.05, 4.69) is 56.4 Å². The molecular formula is C13H28N3+. The van der Waals surface area contributed by atoms with Gasteiger partial charge in [0.15, 0.2) is 0 Å². The highest BCUT2D eigenvalue weighted by Crippen LogP contribution is 1.99. The molecule has 1 N–H and O–H groups in total. The van der Waals surface area contributed by atoms with E-state index in [1.54, 1.807) is 0 Å². The molecule has 0 bridgehead atoms. The van der Waals surface area contributed by atoms with Gasteiger partial charge in [0.2, 0.25) is 0 Å². The van der Waals surface area contributed by atoms with E-state index in [0.717, 1.165) is 11.7 Å². The molecule has 0 spiro atoms. The molecule has 0 aromatic carbocycles. The Morgan fingerprint density at radius 1 is 0.938 bits per heavy atom. The zero-order valence-electron chi connectivity index (χ0n) is 12.1. The van der Waals surface area contributed by atoms with Gasteiger partial charge in [-0.1, -0.05) is 4.99 Å². The van der Waals surface area contributed by atoms with Gasteiger partial charge >= 0.3 is 5.96 Å². The second-order valence-electron chi connectivity index (χ2n) is 5.28. The van der Waals surface area contributed by atoms with E-state index in [1.807, 2.05) is 13.8 Å². The van der Waals surface area contributed by atoms with Crippen molar-refractivity contribution in [1.82, 2.24) is 5.32 Å². The van der Waals surface area contributed by atoms with Crippen LogP contribution in [0.15, 0.2) is 4.99 Å². The summed E-state index contributed by atoms with van der Waals surface area (Å²) in [5.74, 6) is 0.986. The Balaban J connectivity index is 5.36. The van der Waals surface area contributed by atoms with Crippen molar-refractivity contribution in [2.24, 2.45) is 4.99 Å². The van der Waals surface area contributed by atoms with Gasteiger partial charge < -0.3 is 0 Å². The van der Waals surface area contributed by atoms with Gasteiger partial charge in [-0.2, -0.15) is 0 Å². The van der Waals surface area contributed by atoms with Crippen molar-refractivity contribution >= 4 is 11.7 Å². The number of guanidine groups is 1. The van der Waals surface area contributed by atoms with Crippen LogP contribution in [0, 0.1) is 0 Å². The largest absolute Gasteiger partial charge is 0.387 e. The molecule has 0 aliphatic rings. The first-order chi connectivity index (χ1) is 7.25. The SMILES string of the molecule is CC(C)=NC(NC(C)C)=[N+](C(C)C)C(C)C. The molecule has 16 heavy (non-hydrogen) atoms. The molecule has 0 rings (SSSR count). The summed E-state index contributed by atoms with van der Waals surface area (Å²) in [6, 6.07) is 1.30. The monoisotopic (exact) mass is 226 g/mol. The van der Waals surface area contributed by atoms with Gasteiger partial charge in [-0.3, -0.25) is 9.89 Å². The van der Waals surface area contributed by atoms with Gasteiger partial charge in [-0.05, 0) is 55.4 Å².